The molecule has 0 saturated carbocycles. The van der Waals surface area contributed by atoms with Gasteiger partial charge in [0.1, 0.15) is 0 Å². The Hall–Kier alpha value is -3.45. The number of thiazole rings is 1. The fourth-order valence-corrected chi connectivity index (χ4v) is 4.89. The van der Waals surface area contributed by atoms with Crippen LogP contribution in [0.1, 0.15) is 41.4 Å². The smallest absolute Gasteiger partial charge is 0.259 e. The third-order valence-electron chi connectivity index (χ3n) is 5.60. The minimum atomic E-state index is -0.161. The van der Waals surface area contributed by atoms with Crippen molar-refractivity contribution in [2.45, 2.75) is 32.6 Å². The Balaban J connectivity index is 1.37. The van der Waals surface area contributed by atoms with E-state index in [1.165, 1.54) is 42.4 Å². The lowest BCUT2D eigenvalue weighted by atomic mass is 9.95. The van der Waals surface area contributed by atoms with Gasteiger partial charge >= 0.3 is 0 Å². The molecule has 0 radical (unpaired) electrons. The van der Waals surface area contributed by atoms with Crippen LogP contribution in [0, 0.1) is 0 Å². The quantitative estimate of drug-likeness (QED) is 0.406. The molecular weight excluding hydrogens is 408 g/mol. The standard InChI is InChI=1S/C24H22N4O2S/c1-14(29)25-16-11-9-15(10-12-16)21-13-31-24(27-21)28-23(30)19-7-4-6-18-17-5-2-3-8-20(17)26-22(18)19/h4,6-7,9-13,26H,2-3,5,8H2,1H3,(H,25,29)(H,27,28,30). The second kappa shape index (κ2) is 8.00. The number of aryl methyl sites for hydroxylation is 2. The molecule has 0 bridgehead atoms. The van der Waals surface area contributed by atoms with Crippen LogP contribution in [0.5, 0.6) is 0 Å². The van der Waals surface area contributed by atoms with Crippen molar-refractivity contribution in [1.29, 1.82) is 0 Å². The summed E-state index contributed by atoms with van der Waals surface area (Å²) in [6, 6.07) is 13.4. The second-order valence-electron chi connectivity index (χ2n) is 7.77. The average Bonchev–Trinajstić information content (AvgIpc) is 3.38. The maximum Gasteiger partial charge on any atom is 0.259 e. The predicted molar refractivity (Wildman–Crippen MR) is 125 cm³/mol. The molecule has 0 saturated heterocycles. The minimum absolute atomic E-state index is 0.107. The summed E-state index contributed by atoms with van der Waals surface area (Å²) in [5.74, 6) is -0.268. The molecule has 4 aromatic rings. The molecule has 2 heterocycles. The number of hydrogen-bond donors (Lipinski definition) is 3. The number of carbonyl (C=O) groups excluding carboxylic acids is 2. The number of rotatable bonds is 4. The molecule has 2 aromatic heterocycles. The number of benzene rings is 2. The van der Waals surface area contributed by atoms with E-state index in [1.54, 1.807) is 0 Å². The van der Waals surface area contributed by atoms with E-state index in [-0.39, 0.29) is 11.8 Å². The predicted octanol–water partition coefficient (Wildman–Crippen LogP) is 5.38. The summed E-state index contributed by atoms with van der Waals surface area (Å²) in [6.07, 6.45) is 4.50. The highest BCUT2D eigenvalue weighted by molar-refractivity contribution is 7.14. The minimum Gasteiger partial charge on any atom is -0.358 e. The Kier molecular flexibility index (Phi) is 5.03. The van der Waals surface area contributed by atoms with Crippen LogP contribution >= 0.6 is 11.3 Å². The van der Waals surface area contributed by atoms with Crippen molar-refractivity contribution in [3.8, 4) is 11.3 Å². The van der Waals surface area contributed by atoms with E-state index in [2.05, 4.69) is 26.7 Å². The molecule has 1 aliphatic carbocycles. The fourth-order valence-electron chi connectivity index (χ4n) is 4.17. The van der Waals surface area contributed by atoms with Gasteiger partial charge in [-0.05, 0) is 49.4 Å². The number of H-pyrrole nitrogens is 1. The number of aromatic amines is 1. The number of aromatic nitrogens is 2. The van der Waals surface area contributed by atoms with Crippen molar-refractivity contribution in [1.82, 2.24) is 9.97 Å². The molecule has 0 spiro atoms. The number of hydrogen-bond acceptors (Lipinski definition) is 4. The fraction of sp³-hybridized carbons (Fsp3) is 0.208. The third kappa shape index (κ3) is 3.84. The van der Waals surface area contributed by atoms with Gasteiger partial charge in [0.25, 0.3) is 5.91 Å². The van der Waals surface area contributed by atoms with Crippen molar-refractivity contribution in [3.63, 3.8) is 0 Å². The van der Waals surface area contributed by atoms with Gasteiger partial charge in [0.15, 0.2) is 5.13 Å². The molecule has 1 aliphatic rings. The summed E-state index contributed by atoms with van der Waals surface area (Å²) in [7, 11) is 0. The van der Waals surface area contributed by atoms with Crippen molar-refractivity contribution in [2.75, 3.05) is 10.6 Å². The molecule has 2 aromatic carbocycles. The number of nitrogens with one attached hydrogen (secondary N) is 3. The third-order valence-corrected chi connectivity index (χ3v) is 6.36. The van der Waals surface area contributed by atoms with Crippen LogP contribution < -0.4 is 10.6 Å². The summed E-state index contributed by atoms with van der Waals surface area (Å²) in [4.78, 5) is 32.3. The van der Waals surface area contributed by atoms with Crippen LogP contribution in [0.3, 0.4) is 0 Å². The van der Waals surface area contributed by atoms with Gasteiger partial charge in [-0.25, -0.2) is 4.98 Å². The average molecular weight is 431 g/mol. The summed E-state index contributed by atoms with van der Waals surface area (Å²) in [6.45, 7) is 1.48. The monoisotopic (exact) mass is 430 g/mol. The lowest BCUT2D eigenvalue weighted by Gasteiger charge is -2.10. The van der Waals surface area contributed by atoms with E-state index in [0.717, 1.165) is 40.7 Å². The Bertz CT molecular complexity index is 1290. The zero-order chi connectivity index (χ0) is 21.4. The van der Waals surface area contributed by atoms with Crippen LogP contribution in [0.4, 0.5) is 10.8 Å². The second-order valence-corrected chi connectivity index (χ2v) is 8.63. The molecule has 31 heavy (non-hydrogen) atoms. The molecule has 6 nitrogen and oxygen atoms in total. The van der Waals surface area contributed by atoms with Crippen LogP contribution in [-0.4, -0.2) is 21.8 Å². The Morgan fingerprint density at radius 3 is 2.65 bits per heavy atom. The van der Waals surface area contributed by atoms with Gasteiger partial charge in [0.05, 0.1) is 16.8 Å². The first-order chi connectivity index (χ1) is 15.1. The number of fused-ring (bicyclic) bond motifs is 3. The van der Waals surface area contributed by atoms with Crippen molar-refractivity contribution >= 4 is 44.9 Å². The Morgan fingerprint density at radius 1 is 1.03 bits per heavy atom. The van der Waals surface area contributed by atoms with Gasteiger partial charge in [-0.15, -0.1) is 11.3 Å². The maximum atomic E-state index is 13.0. The van der Waals surface area contributed by atoms with Crippen LogP contribution in [0.25, 0.3) is 22.2 Å². The van der Waals surface area contributed by atoms with E-state index in [0.29, 0.717) is 10.7 Å². The summed E-state index contributed by atoms with van der Waals surface area (Å²) in [5, 5.41) is 9.32. The Morgan fingerprint density at radius 2 is 1.84 bits per heavy atom. The zero-order valence-corrected chi connectivity index (χ0v) is 17.9. The topological polar surface area (TPSA) is 86.9 Å². The normalized spacial score (nSPS) is 13.1. The zero-order valence-electron chi connectivity index (χ0n) is 17.1. The van der Waals surface area contributed by atoms with Gasteiger partial charge in [-0.2, -0.15) is 0 Å². The van der Waals surface area contributed by atoms with Crippen molar-refractivity contribution in [3.05, 3.63) is 64.7 Å². The van der Waals surface area contributed by atoms with Gasteiger partial charge in [-0.3, -0.25) is 14.9 Å². The summed E-state index contributed by atoms with van der Waals surface area (Å²) in [5.41, 5.74) is 6.62. The highest BCUT2D eigenvalue weighted by atomic mass is 32.1. The number of anilines is 2. The molecule has 7 heteroatoms. The molecule has 156 valence electrons. The molecule has 0 unspecified atom stereocenters. The van der Waals surface area contributed by atoms with E-state index >= 15 is 0 Å². The molecule has 0 atom stereocenters. The lowest BCUT2D eigenvalue weighted by Crippen LogP contribution is -2.12. The van der Waals surface area contributed by atoms with Crippen molar-refractivity contribution in [2.24, 2.45) is 0 Å². The first kappa shape index (κ1) is 19.5. The van der Waals surface area contributed by atoms with Crippen molar-refractivity contribution < 1.29 is 9.59 Å². The van der Waals surface area contributed by atoms with E-state index in [9.17, 15) is 9.59 Å². The van der Waals surface area contributed by atoms with Crippen LogP contribution in [0.2, 0.25) is 0 Å². The first-order valence-corrected chi connectivity index (χ1v) is 11.2. The van der Waals surface area contributed by atoms with E-state index < -0.39 is 0 Å². The summed E-state index contributed by atoms with van der Waals surface area (Å²) >= 11 is 1.39. The highest BCUT2D eigenvalue weighted by Gasteiger charge is 2.20. The van der Waals surface area contributed by atoms with Crippen LogP contribution in [0.15, 0.2) is 47.8 Å². The molecule has 5 rings (SSSR count). The number of carbonyl (C=O) groups is 2. The molecule has 2 amide bonds. The van der Waals surface area contributed by atoms with E-state index in [1.807, 2.05) is 41.8 Å². The van der Waals surface area contributed by atoms with Gasteiger partial charge in [-0.1, -0.05) is 24.3 Å². The van der Waals surface area contributed by atoms with Gasteiger partial charge in [0, 0.05) is 34.6 Å². The maximum absolute atomic E-state index is 13.0. The van der Waals surface area contributed by atoms with Gasteiger partial charge in [0.2, 0.25) is 5.91 Å². The first-order valence-electron chi connectivity index (χ1n) is 10.4. The molecule has 0 fully saturated rings. The lowest BCUT2D eigenvalue weighted by molar-refractivity contribution is -0.114. The van der Waals surface area contributed by atoms with E-state index in [4.69, 9.17) is 0 Å². The Labute approximate surface area is 183 Å². The largest absolute Gasteiger partial charge is 0.358 e. The SMILES string of the molecule is CC(=O)Nc1ccc(-c2csc(NC(=O)c3cccc4c5c([nH]c34)CCCC5)n2)cc1. The molecule has 3 N–H and O–H groups in total. The highest BCUT2D eigenvalue weighted by Crippen LogP contribution is 2.32. The molecule has 0 aliphatic heterocycles. The van der Waals surface area contributed by atoms with Crippen LogP contribution in [-0.2, 0) is 17.6 Å². The van der Waals surface area contributed by atoms with Gasteiger partial charge < -0.3 is 10.3 Å². The molecular formula is C24H22N4O2S. The number of amides is 2. The number of para-hydroxylation sites is 1. The summed E-state index contributed by atoms with van der Waals surface area (Å²) < 4.78 is 0. The number of nitrogens with zero attached hydrogens (tertiary/aromatic N) is 1.